The Morgan fingerprint density at radius 1 is 1.12 bits per heavy atom. The summed E-state index contributed by atoms with van der Waals surface area (Å²) in [5, 5.41) is 11.0. The molecule has 0 aliphatic rings. The quantitative estimate of drug-likeness (QED) is 0.460. The van der Waals surface area contributed by atoms with Gasteiger partial charge < -0.3 is 10.1 Å². The molecular weight excluding hydrogens is 413 g/mol. The van der Waals surface area contributed by atoms with Crippen molar-refractivity contribution < 1.29 is 13.9 Å². The summed E-state index contributed by atoms with van der Waals surface area (Å²) in [5.74, 6) is 0.797. The highest BCUT2D eigenvalue weighted by Crippen LogP contribution is 2.16. The lowest BCUT2D eigenvalue weighted by Crippen LogP contribution is -2.23. The van der Waals surface area contributed by atoms with Gasteiger partial charge in [-0.25, -0.2) is 4.39 Å². The Labute approximate surface area is 183 Å². The minimum absolute atomic E-state index is 0.0850. The fourth-order valence-corrected chi connectivity index (χ4v) is 3.47. The van der Waals surface area contributed by atoms with Crippen molar-refractivity contribution in [2.45, 2.75) is 25.8 Å². The lowest BCUT2D eigenvalue weighted by atomic mass is 10.2. The molecule has 1 amide bonds. The summed E-state index contributed by atoms with van der Waals surface area (Å²) in [7, 11) is 1.59. The standard InChI is InChI=1S/C23H22FN5O3/c1-32-19-9-3-2-6-16(19)15-25-21(30)11-5-10-20-26-27-22-23(31)28(12-13-29(20)22)18-8-4-7-17(24)14-18/h2-4,6-9,12-14H,5,10-11,15H2,1H3,(H,25,30). The second-order valence-electron chi connectivity index (χ2n) is 7.21. The van der Waals surface area contributed by atoms with Gasteiger partial charge in [-0.05, 0) is 30.7 Å². The Kier molecular flexibility index (Phi) is 6.25. The molecule has 0 atom stereocenters. The molecule has 32 heavy (non-hydrogen) atoms. The summed E-state index contributed by atoms with van der Waals surface area (Å²) < 4.78 is 21.7. The van der Waals surface area contributed by atoms with E-state index in [1.54, 1.807) is 30.0 Å². The van der Waals surface area contributed by atoms with Gasteiger partial charge in [0.25, 0.3) is 0 Å². The fourth-order valence-electron chi connectivity index (χ4n) is 3.47. The van der Waals surface area contributed by atoms with Crippen LogP contribution in [-0.4, -0.2) is 32.2 Å². The lowest BCUT2D eigenvalue weighted by Gasteiger charge is -2.09. The molecule has 2 aromatic carbocycles. The van der Waals surface area contributed by atoms with Crippen molar-refractivity contribution in [1.82, 2.24) is 24.5 Å². The van der Waals surface area contributed by atoms with Crippen LogP contribution in [0.1, 0.15) is 24.2 Å². The summed E-state index contributed by atoms with van der Waals surface area (Å²) in [6.45, 7) is 0.385. The number of methoxy groups -OCH3 is 1. The second kappa shape index (κ2) is 9.42. The molecule has 0 saturated heterocycles. The number of amides is 1. The smallest absolute Gasteiger partial charge is 0.300 e. The largest absolute Gasteiger partial charge is 0.496 e. The topological polar surface area (TPSA) is 90.5 Å². The third kappa shape index (κ3) is 4.51. The Morgan fingerprint density at radius 3 is 2.78 bits per heavy atom. The number of nitrogens with one attached hydrogen (secondary N) is 1. The number of aryl methyl sites for hydroxylation is 1. The highest BCUT2D eigenvalue weighted by atomic mass is 19.1. The van der Waals surface area contributed by atoms with Crippen LogP contribution < -0.4 is 15.6 Å². The van der Waals surface area contributed by atoms with Gasteiger partial charge in [-0.2, -0.15) is 0 Å². The van der Waals surface area contributed by atoms with E-state index in [9.17, 15) is 14.0 Å². The average Bonchev–Trinajstić information content (AvgIpc) is 3.22. The highest BCUT2D eigenvalue weighted by Gasteiger charge is 2.13. The van der Waals surface area contributed by atoms with Gasteiger partial charge in [0, 0.05) is 37.3 Å². The van der Waals surface area contributed by atoms with Crippen molar-refractivity contribution in [3.05, 3.63) is 88.5 Å². The maximum atomic E-state index is 13.5. The first-order chi connectivity index (χ1) is 15.6. The molecule has 2 heterocycles. The number of ether oxygens (including phenoxy) is 1. The summed E-state index contributed by atoms with van der Waals surface area (Å²) in [6.07, 6.45) is 4.55. The molecule has 0 aliphatic heterocycles. The molecule has 0 unspecified atom stereocenters. The Hall–Kier alpha value is -4.01. The van der Waals surface area contributed by atoms with Crippen molar-refractivity contribution >= 4 is 11.6 Å². The van der Waals surface area contributed by atoms with Crippen molar-refractivity contribution in [3.63, 3.8) is 0 Å². The lowest BCUT2D eigenvalue weighted by molar-refractivity contribution is -0.121. The number of rotatable bonds is 8. The van der Waals surface area contributed by atoms with Crippen LogP contribution in [0.5, 0.6) is 5.75 Å². The maximum Gasteiger partial charge on any atom is 0.300 e. The SMILES string of the molecule is COc1ccccc1CNC(=O)CCCc1nnc2c(=O)n(-c3cccc(F)c3)ccn12. The van der Waals surface area contributed by atoms with Gasteiger partial charge in [-0.3, -0.25) is 18.6 Å². The van der Waals surface area contributed by atoms with E-state index in [1.165, 1.54) is 22.8 Å². The molecule has 0 saturated carbocycles. The first-order valence-corrected chi connectivity index (χ1v) is 10.2. The van der Waals surface area contributed by atoms with Crippen LogP contribution in [0.15, 0.2) is 65.7 Å². The van der Waals surface area contributed by atoms with E-state index in [0.29, 0.717) is 37.3 Å². The number of hydrogen-bond donors (Lipinski definition) is 1. The molecule has 9 heteroatoms. The van der Waals surface area contributed by atoms with Crippen LogP contribution in [0, 0.1) is 5.82 Å². The molecule has 0 aliphatic carbocycles. The monoisotopic (exact) mass is 435 g/mol. The van der Waals surface area contributed by atoms with Crippen molar-refractivity contribution in [2.24, 2.45) is 0 Å². The molecule has 4 rings (SSSR count). The predicted molar refractivity (Wildman–Crippen MR) is 116 cm³/mol. The third-order valence-corrected chi connectivity index (χ3v) is 5.10. The van der Waals surface area contributed by atoms with E-state index in [-0.39, 0.29) is 11.6 Å². The Balaban J connectivity index is 1.38. The zero-order valence-electron chi connectivity index (χ0n) is 17.5. The van der Waals surface area contributed by atoms with Gasteiger partial charge in [0.15, 0.2) is 0 Å². The van der Waals surface area contributed by atoms with E-state index < -0.39 is 11.4 Å². The summed E-state index contributed by atoms with van der Waals surface area (Å²) in [4.78, 5) is 25.0. The van der Waals surface area contributed by atoms with Crippen LogP contribution >= 0.6 is 0 Å². The van der Waals surface area contributed by atoms with Gasteiger partial charge in [0.1, 0.15) is 17.4 Å². The number of hydrogen-bond acceptors (Lipinski definition) is 5. The van der Waals surface area contributed by atoms with Gasteiger partial charge in [0.05, 0.1) is 12.8 Å². The summed E-state index contributed by atoms with van der Waals surface area (Å²) in [6, 6.07) is 13.3. The molecule has 164 valence electrons. The van der Waals surface area contributed by atoms with Crippen molar-refractivity contribution in [1.29, 1.82) is 0 Å². The van der Waals surface area contributed by atoms with Gasteiger partial charge >= 0.3 is 5.56 Å². The Morgan fingerprint density at radius 2 is 1.97 bits per heavy atom. The molecule has 0 bridgehead atoms. The summed E-state index contributed by atoms with van der Waals surface area (Å²) >= 11 is 0. The van der Waals surface area contributed by atoms with Crippen LogP contribution in [0.3, 0.4) is 0 Å². The van der Waals surface area contributed by atoms with E-state index >= 15 is 0 Å². The minimum Gasteiger partial charge on any atom is -0.496 e. The number of carbonyl (C=O) groups excluding carboxylic acids is 1. The van der Waals surface area contributed by atoms with Crippen molar-refractivity contribution in [2.75, 3.05) is 7.11 Å². The van der Waals surface area contributed by atoms with Gasteiger partial charge in [0.2, 0.25) is 11.6 Å². The van der Waals surface area contributed by atoms with Crippen LogP contribution in [0.2, 0.25) is 0 Å². The molecule has 0 radical (unpaired) electrons. The average molecular weight is 435 g/mol. The van der Waals surface area contributed by atoms with Crippen LogP contribution in [-0.2, 0) is 17.8 Å². The van der Waals surface area contributed by atoms with Crippen LogP contribution in [0.4, 0.5) is 4.39 Å². The van der Waals surface area contributed by atoms with Crippen LogP contribution in [0.25, 0.3) is 11.3 Å². The number of aromatic nitrogens is 4. The molecule has 0 spiro atoms. The highest BCUT2D eigenvalue weighted by molar-refractivity contribution is 5.75. The first-order valence-electron chi connectivity index (χ1n) is 10.2. The number of halogens is 1. The number of carbonyl (C=O) groups is 1. The minimum atomic E-state index is -0.430. The number of benzene rings is 2. The summed E-state index contributed by atoms with van der Waals surface area (Å²) in [5.41, 5.74) is 1.06. The van der Waals surface area contributed by atoms with E-state index in [2.05, 4.69) is 15.5 Å². The third-order valence-electron chi connectivity index (χ3n) is 5.10. The zero-order valence-corrected chi connectivity index (χ0v) is 17.5. The first kappa shape index (κ1) is 21.2. The number of para-hydroxylation sites is 1. The van der Waals surface area contributed by atoms with Gasteiger partial charge in [-0.15, -0.1) is 10.2 Å². The zero-order chi connectivity index (χ0) is 22.5. The van der Waals surface area contributed by atoms with E-state index in [4.69, 9.17) is 4.74 Å². The molecule has 2 aromatic heterocycles. The Bertz CT molecular complexity index is 1310. The molecule has 8 nitrogen and oxygen atoms in total. The van der Waals surface area contributed by atoms with Crippen molar-refractivity contribution in [3.8, 4) is 11.4 Å². The number of fused-ring (bicyclic) bond motifs is 1. The molecule has 1 N–H and O–H groups in total. The molecule has 0 fully saturated rings. The maximum absolute atomic E-state index is 13.5. The second-order valence-corrected chi connectivity index (χ2v) is 7.21. The fraction of sp³-hybridized carbons (Fsp3) is 0.217. The molecule has 4 aromatic rings. The number of nitrogens with zero attached hydrogens (tertiary/aromatic N) is 4. The van der Waals surface area contributed by atoms with Gasteiger partial charge in [-0.1, -0.05) is 24.3 Å². The molecular formula is C23H22FN5O3. The predicted octanol–water partition coefficient (Wildman–Crippen LogP) is 2.67. The normalized spacial score (nSPS) is 10.9. The van der Waals surface area contributed by atoms with E-state index in [1.807, 2.05) is 24.3 Å². The van der Waals surface area contributed by atoms with E-state index in [0.717, 1.165) is 11.3 Å².